The van der Waals surface area contributed by atoms with E-state index in [1.807, 2.05) is 33.8 Å². The number of amidine groups is 1. The number of nitrogens with zero attached hydrogens (tertiary/aromatic N) is 2. The number of carbonyl (C=O) groups excluding carboxylic acids is 1. The number of rotatable bonds is 2. The number of benzene rings is 1. The van der Waals surface area contributed by atoms with Crippen LogP contribution in [0.25, 0.3) is 0 Å². The first-order chi connectivity index (χ1) is 11.6. The van der Waals surface area contributed by atoms with Crippen molar-refractivity contribution in [1.29, 1.82) is 0 Å². The Morgan fingerprint density at radius 2 is 2.12 bits per heavy atom. The monoisotopic (exact) mass is 361 g/mol. The van der Waals surface area contributed by atoms with Crippen LogP contribution in [0.4, 0.5) is 4.79 Å². The number of amides is 1. The first kappa shape index (κ1) is 19.5. The number of carbonyl (C=O) groups is 1. The highest BCUT2D eigenvalue weighted by Gasteiger charge is 2.31. The third-order valence-electron chi connectivity index (χ3n) is 4.02. The molecule has 1 aromatic rings. The largest absolute Gasteiger partial charge is 0.444 e. The van der Waals surface area contributed by atoms with Crippen LogP contribution in [0.1, 0.15) is 52.2 Å². The zero-order valence-corrected chi connectivity index (χ0v) is 16.7. The summed E-state index contributed by atoms with van der Waals surface area (Å²) in [5.74, 6) is 0.885. The topological polar surface area (TPSA) is 63.0 Å². The zero-order valence-electron chi connectivity index (χ0n) is 15.8. The summed E-state index contributed by atoms with van der Waals surface area (Å²) in [5, 5.41) is 3.38. The molecule has 1 amide bonds. The highest BCUT2D eigenvalue weighted by Crippen LogP contribution is 2.35. The molecule has 25 heavy (non-hydrogen) atoms. The molecule has 0 aliphatic carbocycles. The Morgan fingerprint density at radius 1 is 1.40 bits per heavy atom. The van der Waals surface area contributed by atoms with Crippen molar-refractivity contribution in [2.45, 2.75) is 52.2 Å². The number of hydrogen-bond donors (Lipinski definition) is 1. The van der Waals surface area contributed by atoms with Crippen LogP contribution in [0, 0.1) is 0 Å². The lowest BCUT2D eigenvalue weighted by Crippen LogP contribution is -2.38. The van der Waals surface area contributed by atoms with Crippen LogP contribution in [-0.4, -0.2) is 35.4 Å². The summed E-state index contributed by atoms with van der Waals surface area (Å²) in [6.45, 7) is 9.62. The summed E-state index contributed by atoms with van der Waals surface area (Å²) < 4.78 is 5.32. The fourth-order valence-electron chi connectivity index (χ4n) is 2.53. The maximum Gasteiger partial charge on any atom is 0.413 e. The fraction of sp³-hybridized carbons (Fsp3) is 0.526. The molecule has 1 aliphatic heterocycles. The Kier molecular flexibility index (Phi) is 5.93. The third kappa shape index (κ3) is 5.33. The minimum atomic E-state index is -0.529. The van der Waals surface area contributed by atoms with Gasteiger partial charge in [-0.1, -0.05) is 30.0 Å². The van der Waals surface area contributed by atoms with Crippen molar-refractivity contribution >= 4 is 28.7 Å². The van der Waals surface area contributed by atoms with E-state index in [0.717, 1.165) is 29.0 Å². The second-order valence-corrected chi connectivity index (χ2v) is 8.39. The molecule has 0 fully saturated rings. The molecule has 1 aromatic carbocycles. The van der Waals surface area contributed by atoms with Crippen LogP contribution in [0.15, 0.2) is 34.3 Å². The number of alkyl carbamates (subject to hydrolysis) is 1. The summed E-state index contributed by atoms with van der Waals surface area (Å²) in [6.07, 6.45) is 0.439. The maximum atomic E-state index is 12.0. The van der Waals surface area contributed by atoms with Crippen LogP contribution < -0.4 is 5.32 Å². The third-order valence-corrected chi connectivity index (χ3v) is 4.90. The molecule has 0 spiro atoms. The highest BCUT2D eigenvalue weighted by molar-refractivity contribution is 8.13. The van der Waals surface area contributed by atoms with E-state index in [1.165, 1.54) is 0 Å². The SMILES string of the molecule is CN=C(C)c1cccc(C2(C)CCSC(NC(=O)OC(C)(C)C)=N2)c1. The smallest absolute Gasteiger partial charge is 0.413 e. The minimum Gasteiger partial charge on any atom is -0.444 e. The quantitative estimate of drug-likeness (QED) is 0.796. The van der Waals surface area contributed by atoms with Gasteiger partial charge in [0, 0.05) is 18.5 Å². The van der Waals surface area contributed by atoms with Gasteiger partial charge in [-0.15, -0.1) is 0 Å². The lowest BCUT2D eigenvalue weighted by Gasteiger charge is -2.31. The molecule has 1 unspecified atom stereocenters. The van der Waals surface area contributed by atoms with Gasteiger partial charge in [0.15, 0.2) is 5.17 Å². The molecule has 1 aliphatic rings. The molecule has 1 N–H and O–H groups in total. The van der Waals surface area contributed by atoms with Gasteiger partial charge in [0.2, 0.25) is 0 Å². The van der Waals surface area contributed by atoms with Gasteiger partial charge in [0.25, 0.3) is 0 Å². The summed E-state index contributed by atoms with van der Waals surface area (Å²) in [6, 6.07) is 8.29. The van der Waals surface area contributed by atoms with Crippen LogP contribution in [0.3, 0.4) is 0 Å². The van der Waals surface area contributed by atoms with Gasteiger partial charge in [0.05, 0.1) is 5.54 Å². The normalized spacial score (nSPS) is 21.5. The van der Waals surface area contributed by atoms with Crippen molar-refractivity contribution < 1.29 is 9.53 Å². The second-order valence-electron chi connectivity index (χ2n) is 7.31. The van der Waals surface area contributed by atoms with E-state index in [0.29, 0.717) is 5.17 Å². The van der Waals surface area contributed by atoms with E-state index < -0.39 is 11.7 Å². The van der Waals surface area contributed by atoms with E-state index in [1.54, 1.807) is 18.8 Å². The Labute approximate surface area is 154 Å². The lowest BCUT2D eigenvalue weighted by molar-refractivity contribution is 0.0564. The molecule has 0 saturated carbocycles. The minimum absolute atomic E-state index is 0.375. The Hall–Kier alpha value is -1.82. The van der Waals surface area contributed by atoms with Crippen molar-refractivity contribution in [3.63, 3.8) is 0 Å². The van der Waals surface area contributed by atoms with Gasteiger partial charge in [-0.3, -0.25) is 15.3 Å². The first-order valence-corrected chi connectivity index (χ1v) is 9.38. The molecule has 0 radical (unpaired) electrons. The molecule has 5 nitrogen and oxygen atoms in total. The van der Waals surface area contributed by atoms with Gasteiger partial charge in [-0.25, -0.2) is 4.79 Å². The molecule has 1 atom stereocenters. The molecule has 136 valence electrons. The van der Waals surface area contributed by atoms with Gasteiger partial charge >= 0.3 is 6.09 Å². The van der Waals surface area contributed by atoms with E-state index in [9.17, 15) is 4.79 Å². The number of nitrogens with one attached hydrogen (secondary N) is 1. The van der Waals surface area contributed by atoms with Crippen LogP contribution in [0.5, 0.6) is 0 Å². The van der Waals surface area contributed by atoms with E-state index in [-0.39, 0.29) is 5.54 Å². The molecule has 2 rings (SSSR count). The van der Waals surface area contributed by atoms with Crippen LogP contribution >= 0.6 is 11.8 Å². The van der Waals surface area contributed by atoms with Gasteiger partial charge < -0.3 is 4.74 Å². The van der Waals surface area contributed by atoms with E-state index in [4.69, 9.17) is 9.73 Å². The maximum absolute atomic E-state index is 12.0. The number of hydrogen-bond acceptors (Lipinski definition) is 5. The van der Waals surface area contributed by atoms with E-state index >= 15 is 0 Å². The predicted molar refractivity (Wildman–Crippen MR) is 106 cm³/mol. The molecule has 0 bridgehead atoms. The number of aliphatic imine (C=N–C) groups is 2. The zero-order chi connectivity index (χ0) is 18.7. The first-order valence-electron chi connectivity index (χ1n) is 8.40. The Bertz CT molecular complexity index is 707. The molecule has 0 saturated heterocycles. The average molecular weight is 362 g/mol. The van der Waals surface area contributed by atoms with Crippen molar-refractivity contribution in [2.24, 2.45) is 9.98 Å². The second kappa shape index (κ2) is 7.60. The van der Waals surface area contributed by atoms with Crippen LogP contribution in [-0.2, 0) is 10.3 Å². The van der Waals surface area contributed by atoms with Gasteiger partial charge in [0.1, 0.15) is 5.60 Å². The van der Waals surface area contributed by atoms with Gasteiger partial charge in [-0.05, 0) is 58.2 Å². The molecular weight excluding hydrogens is 334 g/mol. The summed E-state index contributed by atoms with van der Waals surface area (Å²) in [5.41, 5.74) is 2.30. The summed E-state index contributed by atoms with van der Waals surface area (Å²) in [4.78, 5) is 21.1. The lowest BCUT2D eigenvalue weighted by atomic mass is 9.88. The highest BCUT2D eigenvalue weighted by atomic mass is 32.2. The number of ether oxygens (including phenoxy) is 1. The Morgan fingerprint density at radius 3 is 2.76 bits per heavy atom. The standard InChI is InChI=1S/C19H27N3O2S/c1-13(20-6)14-8-7-9-15(12-14)19(5)10-11-25-16(22-19)21-17(23)24-18(2,3)4/h7-9,12H,10-11H2,1-6H3,(H,21,22,23). The fourth-order valence-corrected chi connectivity index (χ4v) is 3.65. The van der Waals surface area contributed by atoms with Gasteiger partial charge in [-0.2, -0.15) is 0 Å². The molecule has 6 heteroatoms. The van der Waals surface area contributed by atoms with Crippen molar-refractivity contribution in [1.82, 2.24) is 5.32 Å². The van der Waals surface area contributed by atoms with Crippen LogP contribution in [0.2, 0.25) is 0 Å². The molecular formula is C19H27N3O2S. The van der Waals surface area contributed by atoms with Crippen molar-refractivity contribution in [3.05, 3.63) is 35.4 Å². The Balaban J connectivity index is 2.24. The van der Waals surface area contributed by atoms with E-state index in [2.05, 4.69) is 35.4 Å². The number of thioether (sulfide) groups is 1. The molecule has 0 aromatic heterocycles. The summed E-state index contributed by atoms with van der Waals surface area (Å²) >= 11 is 1.54. The predicted octanol–water partition coefficient (Wildman–Crippen LogP) is 4.36. The summed E-state index contributed by atoms with van der Waals surface area (Å²) in [7, 11) is 1.79. The van der Waals surface area contributed by atoms with Crippen molar-refractivity contribution in [2.75, 3.05) is 12.8 Å². The van der Waals surface area contributed by atoms with Crippen molar-refractivity contribution in [3.8, 4) is 0 Å². The average Bonchev–Trinajstić information content (AvgIpc) is 2.52. The molecule has 1 heterocycles.